The number of nitrogens with zero attached hydrogens (tertiary/aromatic N) is 3. The number of aromatic nitrogens is 3. The van der Waals surface area contributed by atoms with Crippen molar-refractivity contribution in [2.24, 2.45) is 13.0 Å². The lowest BCUT2D eigenvalue weighted by molar-refractivity contribution is 0.0962. The predicted octanol–water partition coefficient (Wildman–Crippen LogP) is 0.408. The Bertz CT molecular complexity index is 288. The van der Waals surface area contributed by atoms with E-state index in [-0.39, 0.29) is 11.7 Å². The lowest BCUT2D eigenvalue weighted by Gasteiger charge is -1.87. The van der Waals surface area contributed by atoms with Crippen molar-refractivity contribution in [3.8, 4) is 0 Å². The van der Waals surface area contributed by atoms with E-state index in [1.54, 1.807) is 7.05 Å². The van der Waals surface area contributed by atoms with Crippen LogP contribution in [-0.4, -0.2) is 20.8 Å². The molecule has 58 valence electrons. The maximum atomic E-state index is 11.3. The Kier molecular flexibility index (Phi) is 1.27. The van der Waals surface area contributed by atoms with Gasteiger partial charge in [-0.3, -0.25) is 4.79 Å². The van der Waals surface area contributed by atoms with Crippen LogP contribution in [0.15, 0.2) is 6.20 Å². The van der Waals surface area contributed by atoms with Crippen molar-refractivity contribution in [3.63, 3.8) is 0 Å². The van der Waals surface area contributed by atoms with Gasteiger partial charge in [-0.25, -0.2) is 0 Å². The fraction of sp³-hybridized carbons (Fsp3) is 0.571. The van der Waals surface area contributed by atoms with Crippen LogP contribution >= 0.6 is 0 Å². The Labute approximate surface area is 64.2 Å². The summed E-state index contributed by atoms with van der Waals surface area (Å²) in [5.74, 6) is 0.393. The SMILES string of the molecule is Cn1ncc(C(=O)C2CC2)n1. The Morgan fingerprint density at radius 1 is 1.73 bits per heavy atom. The zero-order chi connectivity index (χ0) is 7.84. The average Bonchev–Trinajstić information content (AvgIpc) is 2.74. The molecular weight excluding hydrogens is 142 g/mol. The quantitative estimate of drug-likeness (QED) is 0.575. The highest BCUT2D eigenvalue weighted by atomic mass is 16.1. The normalized spacial score (nSPS) is 16.8. The van der Waals surface area contributed by atoms with Gasteiger partial charge in [0.05, 0.1) is 6.20 Å². The minimum atomic E-state index is 0.151. The second-order valence-electron chi connectivity index (χ2n) is 2.86. The zero-order valence-corrected chi connectivity index (χ0v) is 6.32. The summed E-state index contributed by atoms with van der Waals surface area (Å²) in [6.45, 7) is 0. The minimum Gasteiger partial charge on any atom is -0.292 e. The first-order chi connectivity index (χ1) is 5.27. The number of Topliss-reactive ketones (excluding diaryl/α,β-unsaturated/α-hetero) is 1. The van der Waals surface area contributed by atoms with Crippen LogP contribution in [0.3, 0.4) is 0 Å². The molecule has 1 aliphatic rings. The van der Waals surface area contributed by atoms with Crippen molar-refractivity contribution in [1.82, 2.24) is 15.0 Å². The average molecular weight is 151 g/mol. The van der Waals surface area contributed by atoms with Crippen molar-refractivity contribution < 1.29 is 4.79 Å². The second-order valence-corrected chi connectivity index (χ2v) is 2.86. The van der Waals surface area contributed by atoms with E-state index in [1.807, 2.05) is 0 Å². The van der Waals surface area contributed by atoms with E-state index in [1.165, 1.54) is 11.0 Å². The van der Waals surface area contributed by atoms with Crippen LogP contribution < -0.4 is 0 Å². The third-order valence-electron chi connectivity index (χ3n) is 1.80. The molecule has 0 saturated heterocycles. The fourth-order valence-corrected chi connectivity index (χ4v) is 1.01. The number of rotatable bonds is 2. The van der Waals surface area contributed by atoms with Crippen molar-refractivity contribution in [2.45, 2.75) is 12.8 Å². The van der Waals surface area contributed by atoms with Crippen molar-refractivity contribution in [1.29, 1.82) is 0 Å². The van der Waals surface area contributed by atoms with Gasteiger partial charge < -0.3 is 0 Å². The molecule has 0 atom stereocenters. The smallest absolute Gasteiger partial charge is 0.187 e. The summed E-state index contributed by atoms with van der Waals surface area (Å²) >= 11 is 0. The lowest BCUT2D eigenvalue weighted by Crippen LogP contribution is -2.03. The first-order valence-electron chi connectivity index (χ1n) is 3.68. The molecule has 4 nitrogen and oxygen atoms in total. The van der Waals surface area contributed by atoms with Crippen LogP contribution in [0.25, 0.3) is 0 Å². The molecule has 0 spiro atoms. The van der Waals surface area contributed by atoms with Gasteiger partial charge >= 0.3 is 0 Å². The van der Waals surface area contributed by atoms with Gasteiger partial charge in [-0.1, -0.05) is 0 Å². The van der Waals surface area contributed by atoms with Crippen LogP contribution in [0, 0.1) is 5.92 Å². The summed E-state index contributed by atoms with van der Waals surface area (Å²) in [5.41, 5.74) is 0.509. The number of ketones is 1. The molecule has 0 radical (unpaired) electrons. The zero-order valence-electron chi connectivity index (χ0n) is 6.32. The maximum Gasteiger partial charge on any atom is 0.187 e. The predicted molar refractivity (Wildman–Crippen MR) is 38.1 cm³/mol. The highest BCUT2D eigenvalue weighted by molar-refractivity contribution is 5.97. The van der Waals surface area contributed by atoms with Crippen LogP contribution in [0.5, 0.6) is 0 Å². The topological polar surface area (TPSA) is 47.8 Å². The second kappa shape index (κ2) is 2.15. The Morgan fingerprint density at radius 2 is 2.45 bits per heavy atom. The van der Waals surface area contributed by atoms with Gasteiger partial charge in [0.15, 0.2) is 5.78 Å². The van der Waals surface area contributed by atoms with Crippen LogP contribution in [0.1, 0.15) is 23.3 Å². The summed E-state index contributed by atoms with van der Waals surface area (Å²) in [6.07, 6.45) is 3.57. The largest absolute Gasteiger partial charge is 0.292 e. The monoisotopic (exact) mass is 151 g/mol. The van der Waals surface area contributed by atoms with E-state index in [0.29, 0.717) is 5.69 Å². The highest BCUT2D eigenvalue weighted by Gasteiger charge is 2.31. The molecule has 1 heterocycles. The molecule has 1 saturated carbocycles. The molecular formula is C7H9N3O. The number of carbonyl (C=O) groups excluding carboxylic acids is 1. The molecule has 11 heavy (non-hydrogen) atoms. The molecule has 0 amide bonds. The molecule has 1 aromatic heterocycles. The summed E-state index contributed by atoms with van der Waals surface area (Å²) in [7, 11) is 1.71. The molecule has 0 aliphatic heterocycles. The van der Waals surface area contributed by atoms with Gasteiger partial charge in [0.25, 0.3) is 0 Å². The van der Waals surface area contributed by atoms with Crippen LogP contribution in [0.2, 0.25) is 0 Å². The van der Waals surface area contributed by atoms with Crippen molar-refractivity contribution in [3.05, 3.63) is 11.9 Å². The molecule has 0 bridgehead atoms. The lowest BCUT2D eigenvalue weighted by atomic mass is 10.2. The molecule has 1 fully saturated rings. The van der Waals surface area contributed by atoms with Gasteiger partial charge in [-0.15, -0.1) is 0 Å². The molecule has 0 N–H and O–H groups in total. The van der Waals surface area contributed by atoms with E-state index in [4.69, 9.17) is 0 Å². The maximum absolute atomic E-state index is 11.3. The molecule has 0 unspecified atom stereocenters. The number of hydrogen-bond acceptors (Lipinski definition) is 3. The van der Waals surface area contributed by atoms with E-state index >= 15 is 0 Å². The summed E-state index contributed by atoms with van der Waals surface area (Å²) in [5, 5.41) is 7.76. The minimum absolute atomic E-state index is 0.151. The van der Waals surface area contributed by atoms with E-state index < -0.39 is 0 Å². The molecule has 1 aromatic rings. The molecule has 1 aliphatic carbocycles. The first kappa shape index (κ1) is 6.52. The van der Waals surface area contributed by atoms with Gasteiger partial charge in [-0.2, -0.15) is 15.0 Å². The van der Waals surface area contributed by atoms with Crippen LogP contribution in [0.4, 0.5) is 0 Å². The highest BCUT2D eigenvalue weighted by Crippen LogP contribution is 2.31. The molecule has 2 rings (SSSR count). The summed E-state index contributed by atoms with van der Waals surface area (Å²) in [6, 6.07) is 0. The van der Waals surface area contributed by atoms with Gasteiger partial charge in [0.1, 0.15) is 5.69 Å². The van der Waals surface area contributed by atoms with Gasteiger partial charge in [0.2, 0.25) is 0 Å². The van der Waals surface area contributed by atoms with E-state index in [0.717, 1.165) is 12.8 Å². The van der Waals surface area contributed by atoms with Gasteiger partial charge in [0, 0.05) is 13.0 Å². The van der Waals surface area contributed by atoms with Crippen molar-refractivity contribution >= 4 is 5.78 Å². The summed E-state index contributed by atoms with van der Waals surface area (Å²) in [4.78, 5) is 12.7. The first-order valence-corrected chi connectivity index (χ1v) is 3.68. The number of hydrogen-bond donors (Lipinski definition) is 0. The third kappa shape index (κ3) is 1.15. The third-order valence-corrected chi connectivity index (χ3v) is 1.80. The van der Waals surface area contributed by atoms with Crippen molar-refractivity contribution in [2.75, 3.05) is 0 Å². The Morgan fingerprint density at radius 3 is 2.91 bits per heavy atom. The van der Waals surface area contributed by atoms with E-state index in [2.05, 4.69) is 10.2 Å². The fourth-order valence-electron chi connectivity index (χ4n) is 1.01. The molecule has 4 heteroatoms. The molecule has 0 aromatic carbocycles. The summed E-state index contributed by atoms with van der Waals surface area (Å²) < 4.78 is 0. The van der Waals surface area contributed by atoms with Crippen LogP contribution in [-0.2, 0) is 7.05 Å². The number of carbonyl (C=O) groups is 1. The standard InChI is InChI=1S/C7H9N3O/c1-10-8-4-6(9-10)7(11)5-2-3-5/h4-5H,2-3H2,1H3. The number of aryl methyl sites for hydroxylation is 1. The Balaban J connectivity index is 2.21. The van der Waals surface area contributed by atoms with E-state index in [9.17, 15) is 4.79 Å². The van der Waals surface area contributed by atoms with Gasteiger partial charge in [-0.05, 0) is 12.8 Å². The Hall–Kier alpha value is -1.19.